The number of hydrazine groups is 1. The van der Waals surface area contributed by atoms with E-state index in [0.29, 0.717) is 12.6 Å². The van der Waals surface area contributed by atoms with Crippen LogP contribution in [-0.4, -0.2) is 6.61 Å². The summed E-state index contributed by atoms with van der Waals surface area (Å²) in [5.41, 5.74) is 4.37. The van der Waals surface area contributed by atoms with E-state index in [1.54, 1.807) is 0 Å². The maximum atomic E-state index is 5.85. The molecule has 1 aromatic rings. The van der Waals surface area contributed by atoms with Crippen molar-refractivity contribution in [3.8, 4) is 5.75 Å². The fourth-order valence-corrected chi connectivity index (χ4v) is 3.26. The van der Waals surface area contributed by atoms with E-state index < -0.39 is 0 Å². The Morgan fingerprint density at radius 1 is 1.16 bits per heavy atom. The predicted octanol–water partition coefficient (Wildman–Crippen LogP) is 3.03. The molecule has 104 valence electrons. The lowest BCUT2D eigenvalue weighted by Gasteiger charge is -2.27. The fraction of sp³-hybridized carbons (Fsp3) is 0.625. The molecule has 1 atom stereocenters. The van der Waals surface area contributed by atoms with Crippen molar-refractivity contribution in [2.45, 2.75) is 38.6 Å². The summed E-state index contributed by atoms with van der Waals surface area (Å²) in [6.07, 6.45) is 5.54. The molecule has 0 saturated heterocycles. The number of hydrogen-bond donors (Lipinski definition) is 2. The van der Waals surface area contributed by atoms with E-state index in [-0.39, 0.29) is 0 Å². The van der Waals surface area contributed by atoms with Crippen molar-refractivity contribution < 1.29 is 4.74 Å². The summed E-state index contributed by atoms with van der Waals surface area (Å²) < 4.78 is 5.50. The van der Waals surface area contributed by atoms with Crippen LogP contribution in [0.15, 0.2) is 24.3 Å². The van der Waals surface area contributed by atoms with Gasteiger partial charge >= 0.3 is 0 Å². The number of benzene rings is 1. The van der Waals surface area contributed by atoms with E-state index in [2.05, 4.69) is 29.7 Å². The first kappa shape index (κ1) is 12.9. The van der Waals surface area contributed by atoms with Crippen molar-refractivity contribution in [1.82, 2.24) is 5.43 Å². The van der Waals surface area contributed by atoms with Crippen molar-refractivity contribution in [2.24, 2.45) is 23.6 Å². The van der Waals surface area contributed by atoms with Crippen LogP contribution in [0.2, 0.25) is 0 Å². The van der Waals surface area contributed by atoms with Crippen LogP contribution in [0.3, 0.4) is 0 Å². The summed E-state index contributed by atoms with van der Waals surface area (Å²) in [5.74, 6) is 9.30. The van der Waals surface area contributed by atoms with Crippen LogP contribution >= 0.6 is 0 Å². The molecule has 3 rings (SSSR count). The zero-order valence-electron chi connectivity index (χ0n) is 11.6. The minimum absolute atomic E-state index is 0.302. The first-order valence-corrected chi connectivity index (χ1v) is 7.52. The average Bonchev–Trinajstić information content (AvgIpc) is 3.30. The topological polar surface area (TPSA) is 47.3 Å². The Labute approximate surface area is 115 Å². The van der Waals surface area contributed by atoms with Gasteiger partial charge in [0.1, 0.15) is 5.75 Å². The van der Waals surface area contributed by atoms with Crippen LogP contribution in [-0.2, 0) is 0 Å². The molecular formula is C16H24N2O. The van der Waals surface area contributed by atoms with Gasteiger partial charge < -0.3 is 4.74 Å². The van der Waals surface area contributed by atoms with Crippen LogP contribution in [0.1, 0.15) is 44.2 Å². The predicted molar refractivity (Wildman–Crippen MR) is 76.6 cm³/mol. The Bertz CT molecular complexity index is 397. The molecular weight excluding hydrogens is 236 g/mol. The summed E-state index contributed by atoms with van der Waals surface area (Å²) in [7, 11) is 0. The van der Waals surface area contributed by atoms with Gasteiger partial charge in [0.25, 0.3) is 0 Å². The van der Waals surface area contributed by atoms with Crippen molar-refractivity contribution >= 4 is 0 Å². The summed E-state index contributed by atoms with van der Waals surface area (Å²) in [6.45, 7) is 2.72. The van der Waals surface area contributed by atoms with Crippen molar-refractivity contribution in [3.63, 3.8) is 0 Å². The molecule has 19 heavy (non-hydrogen) atoms. The lowest BCUT2D eigenvalue weighted by atomic mass is 9.85. The van der Waals surface area contributed by atoms with Gasteiger partial charge in [0.15, 0.2) is 0 Å². The molecule has 3 nitrogen and oxygen atoms in total. The molecule has 3 heteroatoms. The first-order chi connectivity index (χ1) is 9.33. The molecule has 0 aliphatic heterocycles. The third kappa shape index (κ3) is 2.93. The Morgan fingerprint density at radius 2 is 1.74 bits per heavy atom. The smallest absolute Gasteiger partial charge is 0.119 e. The number of nitrogens with two attached hydrogens (primary N) is 1. The summed E-state index contributed by atoms with van der Waals surface area (Å²) in [4.78, 5) is 0. The van der Waals surface area contributed by atoms with Gasteiger partial charge in [0, 0.05) is 6.04 Å². The van der Waals surface area contributed by atoms with Gasteiger partial charge in [-0.2, -0.15) is 0 Å². The van der Waals surface area contributed by atoms with E-state index in [1.807, 2.05) is 6.92 Å². The first-order valence-electron chi connectivity index (χ1n) is 7.52. The third-order valence-corrected chi connectivity index (χ3v) is 4.45. The summed E-state index contributed by atoms with van der Waals surface area (Å²) >= 11 is 0. The molecule has 2 aliphatic carbocycles. The number of nitrogens with one attached hydrogen (secondary N) is 1. The van der Waals surface area contributed by atoms with Crippen molar-refractivity contribution in [3.05, 3.63) is 29.8 Å². The largest absolute Gasteiger partial charge is 0.494 e. The average molecular weight is 260 g/mol. The van der Waals surface area contributed by atoms with Crippen molar-refractivity contribution in [1.29, 1.82) is 0 Å². The Balaban J connectivity index is 1.76. The van der Waals surface area contributed by atoms with E-state index >= 15 is 0 Å². The minimum atomic E-state index is 0.302. The fourth-order valence-electron chi connectivity index (χ4n) is 3.26. The maximum absolute atomic E-state index is 5.85. The van der Waals surface area contributed by atoms with Crippen LogP contribution in [0.25, 0.3) is 0 Å². The molecule has 0 amide bonds. The Morgan fingerprint density at radius 3 is 2.16 bits per heavy atom. The second kappa shape index (κ2) is 5.51. The highest BCUT2D eigenvalue weighted by Gasteiger charge is 2.45. The van der Waals surface area contributed by atoms with Gasteiger partial charge in [-0.05, 0) is 68.1 Å². The SMILES string of the molecule is CCOc1ccc(C(NN)C(C2CC2)C2CC2)cc1. The van der Waals surface area contributed by atoms with Gasteiger partial charge in [-0.15, -0.1) is 0 Å². The van der Waals surface area contributed by atoms with Crippen molar-refractivity contribution in [2.75, 3.05) is 6.61 Å². The zero-order valence-corrected chi connectivity index (χ0v) is 11.6. The van der Waals surface area contributed by atoms with Gasteiger partial charge in [-0.25, -0.2) is 0 Å². The van der Waals surface area contributed by atoms with Gasteiger partial charge in [0.05, 0.1) is 6.61 Å². The molecule has 2 fully saturated rings. The van der Waals surface area contributed by atoms with Crippen LogP contribution in [0.5, 0.6) is 5.75 Å². The normalized spacial score (nSPS) is 20.6. The molecule has 0 radical (unpaired) electrons. The summed E-state index contributed by atoms with van der Waals surface area (Å²) in [6, 6.07) is 8.73. The molecule has 0 heterocycles. The third-order valence-electron chi connectivity index (χ3n) is 4.45. The molecule has 1 unspecified atom stereocenters. The van der Waals surface area contributed by atoms with E-state index in [1.165, 1.54) is 31.2 Å². The van der Waals surface area contributed by atoms with E-state index in [4.69, 9.17) is 10.6 Å². The van der Waals surface area contributed by atoms with E-state index in [9.17, 15) is 0 Å². The zero-order chi connectivity index (χ0) is 13.2. The molecule has 0 spiro atoms. The molecule has 3 N–H and O–H groups in total. The molecule has 2 aliphatic rings. The van der Waals surface area contributed by atoms with Crippen LogP contribution in [0, 0.1) is 17.8 Å². The van der Waals surface area contributed by atoms with Gasteiger partial charge in [0.2, 0.25) is 0 Å². The Hall–Kier alpha value is -1.06. The quantitative estimate of drug-likeness (QED) is 0.585. The second-order valence-corrected chi connectivity index (χ2v) is 5.90. The minimum Gasteiger partial charge on any atom is -0.494 e. The van der Waals surface area contributed by atoms with Crippen LogP contribution in [0.4, 0.5) is 0 Å². The van der Waals surface area contributed by atoms with E-state index in [0.717, 1.165) is 23.5 Å². The molecule has 0 bridgehead atoms. The Kier molecular flexibility index (Phi) is 3.76. The number of hydrogen-bond acceptors (Lipinski definition) is 3. The highest BCUT2D eigenvalue weighted by molar-refractivity contribution is 5.30. The van der Waals surface area contributed by atoms with Gasteiger partial charge in [-0.1, -0.05) is 12.1 Å². The lowest BCUT2D eigenvalue weighted by molar-refractivity contribution is 0.289. The maximum Gasteiger partial charge on any atom is 0.119 e. The molecule has 0 aromatic heterocycles. The summed E-state index contributed by atoms with van der Waals surface area (Å²) in [5, 5.41) is 0. The van der Waals surface area contributed by atoms with Gasteiger partial charge in [-0.3, -0.25) is 11.3 Å². The highest BCUT2D eigenvalue weighted by atomic mass is 16.5. The highest BCUT2D eigenvalue weighted by Crippen LogP contribution is 2.53. The number of ether oxygens (including phenoxy) is 1. The standard InChI is InChI=1S/C16H24N2O/c1-2-19-14-9-7-13(8-10-14)16(18-17)15(11-3-4-11)12-5-6-12/h7-12,15-16,18H,2-6,17H2,1H3. The monoisotopic (exact) mass is 260 g/mol. The lowest BCUT2D eigenvalue weighted by Crippen LogP contribution is -2.35. The second-order valence-electron chi connectivity index (χ2n) is 5.90. The molecule has 1 aromatic carbocycles. The number of rotatable bonds is 7. The van der Waals surface area contributed by atoms with Crippen LogP contribution < -0.4 is 16.0 Å². The molecule has 2 saturated carbocycles.